The first-order chi connectivity index (χ1) is 22.0. The van der Waals surface area contributed by atoms with E-state index in [4.69, 9.17) is 33.0 Å². The number of hydrogen-bond donors (Lipinski definition) is 1. The van der Waals surface area contributed by atoms with Gasteiger partial charge in [0.1, 0.15) is 12.4 Å². The van der Waals surface area contributed by atoms with E-state index in [-0.39, 0.29) is 5.75 Å². The van der Waals surface area contributed by atoms with Crippen molar-refractivity contribution in [2.24, 2.45) is 0 Å². The van der Waals surface area contributed by atoms with Crippen molar-refractivity contribution < 1.29 is 41.4 Å². The molecule has 0 radical (unpaired) electrons. The highest BCUT2D eigenvalue weighted by molar-refractivity contribution is 7.86. The van der Waals surface area contributed by atoms with E-state index >= 15 is 0 Å². The molecule has 11 heteroatoms. The summed E-state index contributed by atoms with van der Waals surface area (Å²) in [5.41, 5.74) is 1.37. The Labute approximate surface area is 272 Å². The maximum Gasteiger partial charge on any atom is 0.265 e. The van der Waals surface area contributed by atoms with Crippen LogP contribution in [0.1, 0.15) is 51.0 Å². The number of ether oxygens (including phenoxy) is 6. The molecule has 0 saturated carbocycles. The molecule has 0 bridgehead atoms. The van der Waals surface area contributed by atoms with Crippen molar-refractivity contribution in [3.05, 3.63) is 60.2 Å². The van der Waals surface area contributed by atoms with E-state index in [2.05, 4.69) is 19.1 Å². The van der Waals surface area contributed by atoms with Crippen molar-refractivity contribution in [1.82, 2.24) is 0 Å². The minimum Gasteiger partial charge on any atom is -0.491 e. The van der Waals surface area contributed by atoms with Gasteiger partial charge in [-0.25, -0.2) is 0 Å². The second-order valence-electron chi connectivity index (χ2n) is 10.7. The predicted octanol–water partition coefficient (Wildman–Crippen LogP) is 5.75. The van der Waals surface area contributed by atoms with E-state index < -0.39 is 18.0 Å². The molecule has 2 aromatic rings. The van der Waals surface area contributed by atoms with Crippen molar-refractivity contribution in [3.63, 3.8) is 0 Å². The molecular formula is C34H55O9PS. The Bertz CT molecular complexity index is 1060. The molecule has 0 aromatic heterocycles. The third-order valence-electron chi connectivity index (χ3n) is 6.97. The van der Waals surface area contributed by atoms with Gasteiger partial charge in [0.2, 0.25) is 0 Å². The summed E-state index contributed by atoms with van der Waals surface area (Å²) in [6.45, 7) is 7.65. The smallest absolute Gasteiger partial charge is 0.265 e. The zero-order valence-electron chi connectivity index (χ0n) is 27.1. The lowest BCUT2D eigenvalue weighted by Gasteiger charge is -2.17. The molecule has 0 aliphatic heterocycles. The Morgan fingerprint density at radius 3 is 1.67 bits per heavy atom. The van der Waals surface area contributed by atoms with Gasteiger partial charge in [0.05, 0.1) is 71.8 Å². The number of rotatable bonds is 30. The fourth-order valence-electron chi connectivity index (χ4n) is 4.47. The molecule has 9 nitrogen and oxygen atoms in total. The predicted molar refractivity (Wildman–Crippen MR) is 182 cm³/mol. The zero-order valence-corrected chi connectivity index (χ0v) is 28.8. The van der Waals surface area contributed by atoms with Gasteiger partial charge < -0.3 is 28.4 Å². The summed E-state index contributed by atoms with van der Waals surface area (Å²) < 4.78 is 65.1. The van der Waals surface area contributed by atoms with Crippen LogP contribution in [0, 0.1) is 0 Å². The average molecular weight is 671 g/mol. The van der Waals surface area contributed by atoms with Gasteiger partial charge in [-0.2, -0.15) is 8.42 Å². The average Bonchev–Trinajstić information content (AvgIpc) is 3.04. The normalized spacial score (nSPS) is 12.4. The topological polar surface area (TPSA) is 110 Å². The molecule has 2 rings (SSSR count). The lowest BCUT2D eigenvalue weighted by molar-refractivity contribution is -0.0118. The van der Waals surface area contributed by atoms with Crippen molar-refractivity contribution in [2.75, 3.05) is 90.8 Å². The van der Waals surface area contributed by atoms with Crippen LogP contribution in [0.2, 0.25) is 0 Å². The first kappa shape index (κ1) is 39.6. The van der Waals surface area contributed by atoms with Gasteiger partial charge >= 0.3 is 0 Å². The van der Waals surface area contributed by atoms with Crippen LogP contribution in [0.15, 0.2) is 54.6 Å². The Hall–Kier alpha value is -1.62. The van der Waals surface area contributed by atoms with Gasteiger partial charge in [-0.15, -0.1) is 0 Å². The molecule has 0 aliphatic rings. The molecule has 0 spiro atoms. The number of unbranched alkanes of at least 4 members (excludes halogenated alkanes) is 5. The van der Waals surface area contributed by atoms with Crippen LogP contribution in [0.5, 0.6) is 5.75 Å². The van der Waals surface area contributed by atoms with Crippen LogP contribution in [0.3, 0.4) is 0 Å². The highest BCUT2D eigenvalue weighted by Gasteiger charge is 2.15. The SMILES string of the molecule is CCCCCCCCc1ccc(OCCOCCOCCOCCOCCOCCP(CCS(=O)(=O)O)c2ccccc2)cc1. The molecule has 0 fully saturated rings. The third-order valence-corrected chi connectivity index (χ3v) is 10.5. The maximum absolute atomic E-state index is 11.2. The fraction of sp³-hybridized carbons (Fsp3) is 0.647. The van der Waals surface area contributed by atoms with E-state index in [1.54, 1.807) is 0 Å². The molecule has 0 aliphatic carbocycles. The minimum absolute atomic E-state index is 0.236. The first-order valence-electron chi connectivity index (χ1n) is 16.3. The van der Waals surface area contributed by atoms with Crippen LogP contribution in [0.4, 0.5) is 0 Å². The first-order valence-corrected chi connectivity index (χ1v) is 19.7. The molecule has 1 atom stereocenters. The molecule has 1 N–H and O–H groups in total. The largest absolute Gasteiger partial charge is 0.491 e. The highest BCUT2D eigenvalue weighted by atomic mass is 32.2. The van der Waals surface area contributed by atoms with Gasteiger partial charge in [0.15, 0.2) is 0 Å². The van der Waals surface area contributed by atoms with E-state index in [1.807, 2.05) is 42.5 Å². The van der Waals surface area contributed by atoms with Gasteiger partial charge in [0, 0.05) is 0 Å². The fourth-order valence-corrected chi connectivity index (χ4v) is 7.96. The molecular weight excluding hydrogens is 615 g/mol. The summed E-state index contributed by atoms with van der Waals surface area (Å²) >= 11 is 0. The molecule has 45 heavy (non-hydrogen) atoms. The lowest BCUT2D eigenvalue weighted by atomic mass is 10.0. The van der Waals surface area contributed by atoms with Crippen molar-refractivity contribution in [3.8, 4) is 5.75 Å². The van der Waals surface area contributed by atoms with E-state index in [0.717, 1.165) is 23.6 Å². The summed E-state index contributed by atoms with van der Waals surface area (Å²) in [4.78, 5) is 0. The molecule has 0 heterocycles. The van der Waals surface area contributed by atoms with E-state index in [9.17, 15) is 8.42 Å². The lowest BCUT2D eigenvalue weighted by Crippen LogP contribution is -2.16. The highest BCUT2D eigenvalue weighted by Crippen LogP contribution is 2.33. The van der Waals surface area contributed by atoms with Crippen LogP contribution < -0.4 is 10.0 Å². The van der Waals surface area contributed by atoms with E-state index in [1.165, 1.54) is 44.1 Å². The summed E-state index contributed by atoms with van der Waals surface area (Å²) in [6, 6.07) is 18.2. The number of benzene rings is 2. The van der Waals surface area contributed by atoms with Crippen LogP contribution >= 0.6 is 7.92 Å². The van der Waals surface area contributed by atoms with Gasteiger partial charge in [0.25, 0.3) is 10.1 Å². The molecule has 0 amide bonds. The van der Waals surface area contributed by atoms with Crippen LogP contribution in [-0.2, 0) is 40.2 Å². The summed E-state index contributed by atoms with van der Waals surface area (Å²) in [5, 5.41) is 1.10. The van der Waals surface area contributed by atoms with E-state index in [0.29, 0.717) is 78.8 Å². The Kier molecular flexibility index (Phi) is 23.3. The Morgan fingerprint density at radius 1 is 0.600 bits per heavy atom. The molecule has 1 unspecified atom stereocenters. The van der Waals surface area contributed by atoms with Crippen LogP contribution in [-0.4, -0.2) is 104 Å². The standard InChI is InChI=1S/C34H55O9PS/c1-2-3-4-5-6-8-11-32-14-16-33(17-15-32)43-27-26-41-23-22-39-19-18-38-20-21-40-24-25-42-28-29-44(30-31-45(35,36)37)34-12-9-7-10-13-34/h7,9-10,12-17H,2-6,8,11,18-31H2,1H3,(H,35,36,37). The molecule has 0 saturated heterocycles. The molecule has 256 valence electrons. The van der Waals surface area contributed by atoms with Gasteiger partial charge in [-0.3, -0.25) is 4.55 Å². The second-order valence-corrected chi connectivity index (χ2v) is 14.7. The summed E-state index contributed by atoms with van der Waals surface area (Å²) in [7, 11) is -4.70. The Morgan fingerprint density at radius 2 is 1.11 bits per heavy atom. The Balaban J connectivity index is 1.33. The van der Waals surface area contributed by atoms with Crippen molar-refractivity contribution in [1.29, 1.82) is 0 Å². The quantitative estimate of drug-likeness (QED) is 0.0632. The number of hydrogen-bond acceptors (Lipinski definition) is 8. The summed E-state index contributed by atoms with van der Waals surface area (Å²) in [5.74, 6) is 0.639. The zero-order chi connectivity index (χ0) is 32.3. The summed E-state index contributed by atoms with van der Waals surface area (Å²) in [6.07, 6.45) is 10.2. The van der Waals surface area contributed by atoms with Crippen molar-refractivity contribution in [2.45, 2.75) is 51.9 Å². The van der Waals surface area contributed by atoms with Crippen LogP contribution in [0.25, 0.3) is 0 Å². The van der Waals surface area contributed by atoms with Gasteiger partial charge in [-0.05, 0) is 48.2 Å². The minimum atomic E-state index is -3.98. The second kappa shape index (κ2) is 26.4. The monoisotopic (exact) mass is 670 g/mol. The number of aryl methyl sites for hydroxylation is 1. The third kappa shape index (κ3) is 22.5. The maximum atomic E-state index is 11.2. The van der Waals surface area contributed by atoms with Crippen molar-refractivity contribution >= 4 is 23.3 Å². The molecule has 2 aromatic carbocycles. The van der Waals surface area contributed by atoms with Gasteiger partial charge in [-0.1, -0.05) is 89.4 Å².